The van der Waals surface area contributed by atoms with E-state index in [1.165, 1.54) is 12.3 Å². The van der Waals surface area contributed by atoms with Gasteiger partial charge in [0.1, 0.15) is 6.61 Å². The van der Waals surface area contributed by atoms with Crippen LogP contribution in [0.15, 0.2) is 60.8 Å². The van der Waals surface area contributed by atoms with Gasteiger partial charge in [-0.25, -0.2) is 14.4 Å². The molecule has 3 nitrogen and oxygen atoms in total. The van der Waals surface area contributed by atoms with Gasteiger partial charge in [-0.15, -0.1) is 0 Å². The maximum absolute atomic E-state index is 14.1. The Bertz CT molecular complexity index is 781. The quantitative estimate of drug-likeness (QED) is 0.664. The van der Waals surface area contributed by atoms with Gasteiger partial charge in [0.15, 0.2) is 11.6 Å². The molecule has 5 heteroatoms. The summed E-state index contributed by atoms with van der Waals surface area (Å²) in [6, 6.07) is 16.0. The first-order chi connectivity index (χ1) is 10.7. The molecule has 0 unspecified atom stereocenters. The van der Waals surface area contributed by atoms with E-state index < -0.39 is 5.82 Å². The molecule has 0 radical (unpaired) electrons. The molecule has 0 aliphatic carbocycles. The maximum Gasteiger partial charge on any atom is 0.222 e. The summed E-state index contributed by atoms with van der Waals surface area (Å²) in [7, 11) is 0. The van der Waals surface area contributed by atoms with Crippen molar-refractivity contribution in [2.24, 2.45) is 0 Å². The van der Waals surface area contributed by atoms with Gasteiger partial charge >= 0.3 is 0 Å². The van der Waals surface area contributed by atoms with Crippen molar-refractivity contribution in [3.8, 4) is 17.0 Å². The second-order valence-electron chi connectivity index (χ2n) is 4.63. The zero-order chi connectivity index (χ0) is 15.4. The van der Waals surface area contributed by atoms with E-state index in [0.29, 0.717) is 17.9 Å². The van der Waals surface area contributed by atoms with Crippen LogP contribution in [0.5, 0.6) is 5.75 Å². The highest BCUT2D eigenvalue weighted by molar-refractivity contribution is 6.28. The molecule has 0 aliphatic rings. The van der Waals surface area contributed by atoms with Gasteiger partial charge in [-0.05, 0) is 41.4 Å². The van der Waals surface area contributed by atoms with Crippen molar-refractivity contribution in [3.63, 3.8) is 0 Å². The SMILES string of the molecule is Fc1cc(-c2ccnc(Cl)n2)ccc1OCc1ccccc1. The van der Waals surface area contributed by atoms with Crippen LogP contribution in [0.25, 0.3) is 11.3 Å². The first-order valence-corrected chi connectivity index (χ1v) is 7.05. The van der Waals surface area contributed by atoms with Gasteiger partial charge in [0.25, 0.3) is 0 Å². The Labute approximate surface area is 132 Å². The number of aromatic nitrogens is 2. The van der Waals surface area contributed by atoms with Crippen molar-refractivity contribution < 1.29 is 9.13 Å². The molecular weight excluding hydrogens is 303 g/mol. The number of hydrogen-bond acceptors (Lipinski definition) is 3. The van der Waals surface area contributed by atoms with Gasteiger partial charge in [-0.1, -0.05) is 30.3 Å². The molecule has 3 rings (SSSR count). The third-order valence-corrected chi connectivity index (χ3v) is 3.27. The molecule has 0 saturated carbocycles. The van der Waals surface area contributed by atoms with Crippen molar-refractivity contribution in [1.29, 1.82) is 0 Å². The molecule has 0 bridgehead atoms. The molecule has 0 spiro atoms. The van der Waals surface area contributed by atoms with Crippen molar-refractivity contribution >= 4 is 11.6 Å². The summed E-state index contributed by atoms with van der Waals surface area (Å²) in [5.41, 5.74) is 2.16. The van der Waals surface area contributed by atoms with E-state index in [9.17, 15) is 4.39 Å². The number of halogens is 2. The van der Waals surface area contributed by atoms with Crippen LogP contribution in [0, 0.1) is 5.82 Å². The lowest BCUT2D eigenvalue weighted by Gasteiger charge is -2.09. The summed E-state index contributed by atoms with van der Waals surface area (Å²) >= 11 is 5.74. The molecule has 0 amide bonds. The van der Waals surface area contributed by atoms with Gasteiger partial charge in [0.2, 0.25) is 5.28 Å². The number of nitrogens with zero attached hydrogens (tertiary/aromatic N) is 2. The fourth-order valence-corrected chi connectivity index (χ4v) is 2.16. The predicted octanol–water partition coefficient (Wildman–Crippen LogP) is 4.52. The molecule has 2 aromatic carbocycles. The first-order valence-electron chi connectivity index (χ1n) is 6.67. The molecule has 22 heavy (non-hydrogen) atoms. The highest BCUT2D eigenvalue weighted by Gasteiger charge is 2.08. The van der Waals surface area contributed by atoms with E-state index in [2.05, 4.69) is 9.97 Å². The number of ether oxygens (including phenoxy) is 1. The van der Waals surface area contributed by atoms with Gasteiger partial charge in [-0.3, -0.25) is 0 Å². The number of benzene rings is 2. The van der Waals surface area contributed by atoms with Crippen LogP contribution in [0.3, 0.4) is 0 Å². The Hall–Kier alpha value is -2.46. The fraction of sp³-hybridized carbons (Fsp3) is 0.0588. The largest absolute Gasteiger partial charge is 0.486 e. The van der Waals surface area contributed by atoms with Gasteiger partial charge in [0, 0.05) is 11.8 Å². The van der Waals surface area contributed by atoms with Crippen molar-refractivity contribution in [3.05, 3.63) is 77.5 Å². The standard InChI is InChI=1S/C17H12ClFN2O/c18-17-20-9-8-15(21-17)13-6-7-16(14(19)10-13)22-11-12-4-2-1-3-5-12/h1-10H,11H2. The van der Waals surface area contributed by atoms with Gasteiger partial charge in [0.05, 0.1) is 5.69 Å². The highest BCUT2D eigenvalue weighted by Crippen LogP contribution is 2.25. The van der Waals surface area contributed by atoms with E-state index in [4.69, 9.17) is 16.3 Å². The molecule has 0 saturated heterocycles. The Balaban J connectivity index is 1.78. The highest BCUT2D eigenvalue weighted by atomic mass is 35.5. The van der Waals surface area contributed by atoms with Crippen LogP contribution in [-0.2, 0) is 6.61 Å². The number of rotatable bonds is 4. The lowest BCUT2D eigenvalue weighted by molar-refractivity contribution is 0.290. The van der Waals surface area contributed by atoms with E-state index in [1.807, 2.05) is 30.3 Å². The molecule has 110 valence electrons. The summed E-state index contributed by atoms with van der Waals surface area (Å²) < 4.78 is 19.6. The lowest BCUT2D eigenvalue weighted by Crippen LogP contribution is -1.97. The average molecular weight is 315 g/mol. The summed E-state index contributed by atoms with van der Waals surface area (Å²) in [4.78, 5) is 7.86. The minimum atomic E-state index is -0.442. The van der Waals surface area contributed by atoms with Gasteiger partial charge in [-0.2, -0.15) is 0 Å². The monoisotopic (exact) mass is 314 g/mol. The average Bonchev–Trinajstić information content (AvgIpc) is 2.54. The minimum absolute atomic E-state index is 0.127. The zero-order valence-electron chi connectivity index (χ0n) is 11.5. The molecular formula is C17H12ClFN2O. The summed E-state index contributed by atoms with van der Waals surface area (Å²) in [5, 5.41) is 0.127. The van der Waals surface area contributed by atoms with Gasteiger partial charge < -0.3 is 4.74 Å². The van der Waals surface area contributed by atoms with Crippen LogP contribution in [0.2, 0.25) is 5.28 Å². The maximum atomic E-state index is 14.1. The molecule has 0 atom stereocenters. The van der Waals surface area contributed by atoms with Crippen LogP contribution in [-0.4, -0.2) is 9.97 Å². The zero-order valence-corrected chi connectivity index (χ0v) is 12.3. The normalized spacial score (nSPS) is 10.5. The molecule has 3 aromatic rings. The van der Waals surface area contributed by atoms with E-state index >= 15 is 0 Å². The smallest absolute Gasteiger partial charge is 0.222 e. The summed E-state index contributed by atoms with van der Waals surface area (Å²) in [5.74, 6) is -0.240. The van der Waals surface area contributed by atoms with Crippen LogP contribution in [0.1, 0.15) is 5.56 Å². The van der Waals surface area contributed by atoms with E-state index in [-0.39, 0.29) is 11.0 Å². The molecule has 1 aromatic heterocycles. The van der Waals surface area contributed by atoms with Crippen molar-refractivity contribution in [2.45, 2.75) is 6.61 Å². The first kappa shape index (κ1) is 14.5. The Kier molecular flexibility index (Phi) is 4.30. The van der Waals surface area contributed by atoms with Crippen LogP contribution < -0.4 is 4.74 Å². The third kappa shape index (κ3) is 3.40. The molecule has 1 heterocycles. The summed E-state index contributed by atoms with van der Waals surface area (Å²) in [6.07, 6.45) is 1.53. The van der Waals surface area contributed by atoms with Crippen molar-refractivity contribution in [1.82, 2.24) is 9.97 Å². The number of hydrogen-bond donors (Lipinski definition) is 0. The van der Waals surface area contributed by atoms with Crippen LogP contribution >= 0.6 is 11.6 Å². The third-order valence-electron chi connectivity index (χ3n) is 3.09. The fourth-order valence-electron chi connectivity index (χ4n) is 2.01. The van der Waals surface area contributed by atoms with Crippen molar-refractivity contribution in [2.75, 3.05) is 0 Å². The Morgan fingerprint density at radius 1 is 1.05 bits per heavy atom. The van der Waals surface area contributed by atoms with Crippen LogP contribution in [0.4, 0.5) is 4.39 Å². The van der Waals surface area contributed by atoms with E-state index in [0.717, 1.165) is 5.56 Å². The molecule has 0 fully saturated rings. The predicted molar refractivity (Wildman–Crippen MR) is 83.2 cm³/mol. The Morgan fingerprint density at radius 3 is 2.59 bits per heavy atom. The minimum Gasteiger partial charge on any atom is -0.486 e. The van der Waals surface area contributed by atoms with E-state index in [1.54, 1.807) is 18.2 Å². The second-order valence-corrected chi connectivity index (χ2v) is 4.97. The summed E-state index contributed by atoms with van der Waals surface area (Å²) in [6.45, 7) is 0.316. The second kappa shape index (κ2) is 6.54. The lowest BCUT2D eigenvalue weighted by atomic mass is 10.1. The molecule has 0 aliphatic heterocycles. The topological polar surface area (TPSA) is 35.0 Å². The Morgan fingerprint density at radius 2 is 1.86 bits per heavy atom. The molecule has 0 N–H and O–H groups in total.